The Labute approximate surface area is 121 Å². The number of ether oxygens (including phenoxy) is 1. The monoisotopic (exact) mass is 288 g/mol. The van der Waals surface area contributed by atoms with Crippen LogP contribution in [0.3, 0.4) is 0 Å². The fraction of sp³-hybridized carbons (Fsp3) is 0.357. The molecule has 0 saturated carbocycles. The number of carbonyl (C=O) groups excluding carboxylic acids is 1. The second-order valence-corrected chi connectivity index (χ2v) is 5.02. The molecule has 2 aromatic heterocycles. The lowest BCUT2D eigenvalue weighted by Crippen LogP contribution is -2.32. The highest BCUT2D eigenvalue weighted by Crippen LogP contribution is 2.25. The van der Waals surface area contributed by atoms with Gasteiger partial charge in [0, 0.05) is 24.0 Å². The Morgan fingerprint density at radius 1 is 1.52 bits per heavy atom. The van der Waals surface area contributed by atoms with E-state index in [-0.39, 0.29) is 18.4 Å². The molecule has 1 aliphatic rings. The average Bonchev–Trinajstić information content (AvgIpc) is 2.91. The Morgan fingerprint density at radius 3 is 3.00 bits per heavy atom. The van der Waals surface area contributed by atoms with Crippen LogP contribution in [0.25, 0.3) is 5.52 Å². The van der Waals surface area contributed by atoms with E-state index in [0.717, 1.165) is 16.8 Å². The molecule has 3 rings (SSSR count). The minimum absolute atomic E-state index is 0.0171. The number of fused-ring (bicyclic) bond motifs is 1. The third-order valence-electron chi connectivity index (χ3n) is 3.54. The summed E-state index contributed by atoms with van der Waals surface area (Å²) in [5.74, 6) is 0.505. The number of amides is 1. The first kappa shape index (κ1) is 13.6. The lowest BCUT2D eigenvalue weighted by atomic mass is 9.94. The Morgan fingerprint density at radius 2 is 2.33 bits per heavy atom. The number of nitrogens with one attached hydrogen (secondary N) is 1. The molecule has 0 aliphatic carbocycles. The summed E-state index contributed by atoms with van der Waals surface area (Å²) in [5.41, 5.74) is 5.52. The van der Waals surface area contributed by atoms with Gasteiger partial charge >= 0.3 is 0 Å². The van der Waals surface area contributed by atoms with Crippen molar-refractivity contribution in [2.24, 2.45) is 11.0 Å². The second-order valence-electron chi connectivity index (χ2n) is 5.02. The molecule has 0 aromatic carbocycles. The molecular weight excluding hydrogens is 272 g/mol. The number of methoxy groups -OCH3 is 1. The standard InChI is InChI=1S/C14H16N4O3/c1-8-5-12(20)15-16-14(8)10-3-4-13(21-2)18-11(10)6-9(7-19)17-18/h3-4,6,8,19H,5,7H2,1-2H3,(H,15,20). The molecule has 110 valence electrons. The van der Waals surface area contributed by atoms with Gasteiger partial charge in [-0.15, -0.1) is 0 Å². The van der Waals surface area contributed by atoms with Gasteiger partial charge < -0.3 is 9.84 Å². The Bertz CT molecular complexity index is 735. The van der Waals surface area contributed by atoms with E-state index in [9.17, 15) is 9.90 Å². The number of aliphatic hydroxyl groups is 1. The third kappa shape index (κ3) is 2.25. The largest absolute Gasteiger partial charge is 0.481 e. The van der Waals surface area contributed by atoms with E-state index in [1.54, 1.807) is 23.8 Å². The summed E-state index contributed by atoms with van der Waals surface area (Å²) >= 11 is 0. The van der Waals surface area contributed by atoms with E-state index in [4.69, 9.17) is 4.74 Å². The quantitative estimate of drug-likeness (QED) is 0.870. The zero-order valence-corrected chi connectivity index (χ0v) is 11.8. The fourth-order valence-corrected chi connectivity index (χ4v) is 2.53. The van der Waals surface area contributed by atoms with Crippen LogP contribution in [0.2, 0.25) is 0 Å². The lowest BCUT2D eigenvalue weighted by molar-refractivity contribution is -0.121. The van der Waals surface area contributed by atoms with Gasteiger partial charge in [-0.3, -0.25) is 4.79 Å². The zero-order valence-electron chi connectivity index (χ0n) is 11.8. The molecule has 1 atom stereocenters. The van der Waals surface area contributed by atoms with Crippen LogP contribution in [0.4, 0.5) is 0 Å². The number of hydrogen-bond acceptors (Lipinski definition) is 5. The Hall–Kier alpha value is -2.41. The number of nitrogens with zero attached hydrogens (tertiary/aromatic N) is 3. The Balaban J connectivity index is 2.19. The van der Waals surface area contributed by atoms with Crippen LogP contribution in [-0.4, -0.2) is 33.4 Å². The first-order valence-electron chi connectivity index (χ1n) is 6.67. The molecule has 7 nitrogen and oxygen atoms in total. The highest BCUT2D eigenvalue weighted by atomic mass is 16.5. The molecule has 21 heavy (non-hydrogen) atoms. The van der Waals surface area contributed by atoms with E-state index in [1.165, 1.54) is 0 Å². The molecule has 0 fully saturated rings. The minimum atomic E-state index is -0.150. The van der Waals surface area contributed by atoms with Crippen molar-refractivity contribution in [3.63, 3.8) is 0 Å². The summed E-state index contributed by atoms with van der Waals surface area (Å²) in [7, 11) is 1.57. The van der Waals surface area contributed by atoms with Gasteiger partial charge in [0.2, 0.25) is 11.8 Å². The van der Waals surface area contributed by atoms with Crippen molar-refractivity contribution < 1.29 is 14.6 Å². The third-order valence-corrected chi connectivity index (χ3v) is 3.54. The van der Waals surface area contributed by atoms with Crippen LogP contribution in [-0.2, 0) is 11.4 Å². The molecule has 2 aromatic rings. The highest BCUT2D eigenvalue weighted by Gasteiger charge is 2.24. The van der Waals surface area contributed by atoms with Gasteiger partial charge in [-0.2, -0.15) is 10.2 Å². The minimum Gasteiger partial charge on any atom is -0.481 e. The molecule has 0 radical (unpaired) electrons. The van der Waals surface area contributed by atoms with Crippen LogP contribution in [0.15, 0.2) is 23.3 Å². The van der Waals surface area contributed by atoms with Gasteiger partial charge in [0.05, 0.1) is 30.6 Å². The summed E-state index contributed by atoms with van der Waals surface area (Å²) in [4.78, 5) is 11.4. The van der Waals surface area contributed by atoms with Crippen molar-refractivity contribution in [1.29, 1.82) is 0 Å². The molecule has 0 spiro atoms. The van der Waals surface area contributed by atoms with Crippen LogP contribution in [0, 0.1) is 5.92 Å². The number of hydrogen-bond donors (Lipinski definition) is 2. The summed E-state index contributed by atoms with van der Waals surface area (Å²) in [6.45, 7) is 1.81. The predicted octanol–water partition coefficient (Wildman–Crippen LogP) is 0.695. The molecule has 1 unspecified atom stereocenters. The molecule has 2 N–H and O–H groups in total. The molecule has 3 heterocycles. The zero-order chi connectivity index (χ0) is 15.0. The SMILES string of the molecule is COc1ccc(C2=NNC(=O)CC2C)c2cc(CO)nn12. The van der Waals surface area contributed by atoms with E-state index >= 15 is 0 Å². The molecular formula is C14H16N4O3. The van der Waals surface area contributed by atoms with E-state index in [2.05, 4.69) is 15.6 Å². The number of aromatic nitrogens is 2. The van der Waals surface area contributed by atoms with Gasteiger partial charge in [0.1, 0.15) is 0 Å². The van der Waals surface area contributed by atoms with Crippen molar-refractivity contribution in [3.8, 4) is 5.88 Å². The highest BCUT2D eigenvalue weighted by molar-refractivity contribution is 6.10. The van der Waals surface area contributed by atoms with Crippen molar-refractivity contribution >= 4 is 17.1 Å². The van der Waals surface area contributed by atoms with Crippen LogP contribution in [0.5, 0.6) is 5.88 Å². The molecule has 1 aliphatic heterocycles. The Kier molecular flexibility index (Phi) is 3.34. The second kappa shape index (κ2) is 5.17. The number of pyridine rings is 1. The topological polar surface area (TPSA) is 88.2 Å². The van der Waals surface area contributed by atoms with E-state index in [0.29, 0.717) is 18.0 Å². The number of hydrazone groups is 1. The molecule has 1 amide bonds. The summed E-state index contributed by atoms with van der Waals surface area (Å²) in [6.07, 6.45) is 0.401. The fourth-order valence-electron chi connectivity index (χ4n) is 2.53. The first-order valence-corrected chi connectivity index (χ1v) is 6.67. The van der Waals surface area contributed by atoms with E-state index in [1.807, 2.05) is 13.0 Å². The van der Waals surface area contributed by atoms with Gasteiger partial charge in [-0.25, -0.2) is 9.94 Å². The molecule has 7 heteroatoms. The van der Waals surface area contributed by atoms with Crippen molar-refractivity contribution in [2.45, 2.75) is 20.0 Å². The number of rotatable bonds is 3. The van der Waals surface area contributed by atoms with E-state index < -0.39 is 0 Å². The van der Waals surface area contributed by atoms with Crippen LogP contribution < -0.4 is 10.2 Å². The van der Waals surface area contributed by atoms with Crippen LogP contribution in [0.1, 0.15) is 24.6 Å². The summed E-state index contributed by atoms with van der Waals surface area (Å²) in [6, 6.07) is 5.48. The lowest BCUT2D eigenvalue weighted by Gasteiger charge is -2.20. The molecule has 0 bridgehead atoms. The number of carbonyl (C=O) groups is 1. The average molecular weight is 288 g/mol. The van der Waals surface area contributed by atoms with Crippen molar-refractivity contribution in [1.82, 2.24) is 15.0 Å². The first-order chi connectivity index (χ1) is 10.1. The normalized spacial score (nSPS) is 18.5. The maximum absolute atomic E-state index is 11.4. The summed E-state index contributed by atoms with van der Waals surface area (Å²) < 4.78 is 6.91. The maximum Gasteiger partial charge on any atom is 0.240 e. The van der Waals surface area contributed by atoms with Gasteiger partial charge in [-0.05, 0) is 12.1 Å². The van der Waals surface area contributed by atoms with Crippen molar-refractivity contribution in [2.75, 3.05) is 7.11 Å². The molecule has 0 saturated heterocycles. The van der Waals surface area contributed by atoms with Gasteiger partial charge in [0.15, 0.2) is 0 Å². The number of aliphatic hydroxyl groups excluding tert-OH is 1. The predicted molar refractivity (Wildman–Crippen MR) is 76.1 cm³/mol. The summed E-state index contributed by atoms with van der Waals surface area (Å²) in [5, 5.41) is 17.8. The van der Waals surface area contributed by atoms with Gasteiger partial charge in [-0.1, -0.05) is 6.92 Å². The maximum atomic E-state index is 11.4. The smallest absolute Gasteiger partial charge is 0.240 e. The van der Waals surface area contributed by atoms with Crippen LogP contribution >= 0.6 is 0 Å². The van der Waals surface area contributed by atoms with Gasteiger partial charge in [0.25, 0.3) is 0 Å². The van der Waals surface area contributed by atoms with Crippen molar-refractivity contribution in [3.05, 3.63) is 29.5 Å².